The van der Waals surface area contributed by atoms with Gasteiger partial charge in [-0.2, -0.15) is 0 Å². The molecule has 39 heavy (non-hydrogen) atoms. The quantitative estimate of drug-likeness (QED) is 0.280. The third kappa shape index (κ3) is 4.91. The van der Waals surface area contributed by atoms with Gasteiger partial charge in [0.2, 0.25) is 0 Å². The molecule has 0 saturated heterocycles. The lowest BCUT2D eigenvalue weighted by Crippen LogP contribution is -2.39. The van der Waals surface area contributed by atoms with Gasteiger partial charge in [0.25, 0.3) is 5.56 Å². The molecule has 2 aromatic heterocycles. The highest BCUT2D eigenvalue weighted by molar-refractivity contribution is 7.07. The van der Waals surface area contributed by atoms with Crippen molar-refractivity contribution in [2.45, 2.75) is 40.7 Å². The Morgan fingerprint density at radius 1 is 1.05 bits per heavy atom. The highest BCUT2D eigenvalue weighted by Gasteiger charge is 2.33. The predicted octanol–water partition coefficient (Wildman–Crippen LogP) is 5.82. The Morgan fingerprint density at radius 2 is 1.77 bits per heavy atom. The number of halogens is 2. The fraction of sp³-hybridized carbons (Fsp3) is 0.233. The predicted molar refractivity (Wildman–Crippen MR) is 157 cm³/mol. The molecule has 5 rings (SSSR count). The summed E-state index contributed by atoms with van der Waals surface area (Å²) in [5, 5.41) is 0.963. The second kappa shape index (κ2) is 10.6. The van der Waals surface area contributed by atoms with E-state index < -0.39 is 12.0 Å². The van der Waals surface area contributed by atoms with Gasteiger partial charge in [-0.3, -0.25) is 9.36 Å². The molecule has 0 radical (unpaired) electrons. The molecule has 1 atom stereocenters. The fourth-order valence-electron chi connectivity index (χ4n) is 4.95. The normalized spacial score (nSPS) is 15.4. The molecule has 0 fully saturated rings. The first-order valence-electron chi connectivity index (χ1n) is 12.5. The summed E-state index contributed by atoms with van der Waals surface area (Å²) < 4.78 is 9.59. The second-order valence-corrected chi connectivity index (χ2v) is 11.3. The first-order chi connectivity index (χ1) is 18.6. The number of nitrogens with zero attached hydrogens (tertiary/aromatic N) is 3. The Kier molecular flexibility index (Phi) is 7.42. The maximum atomic E-state index is 13.9. The van der Waals surface area contributed by atoms with E-state index in [-0.39, 0.29) is 12.2 Å². The Morgan fingerprint density at radius 3 is 2.44 bits per heavy atom. The van der Waals surface area contributed by atoms with Gasteiger partial charge in [0.1, 0.15) is 0 Å². The molecule has 1 aliphatic heterocycles. The second-order valence-electron chi connectivity index (χ2n) is 9.47. The lowest BCUT2D eigenvalue weighted by atomic mass is 9.95. The molecule has 0 N–H and O–H groups in total. The molecular weight excluding hydrogens is 553 g/mol. The van der Waals surface area contributed by atoms with Crippen molar-refractivity contribution in [3.63, 3.8) is 0 Å². The first-order valence-corrected chi connectivity index (χ1v) is 14.1. The van der Waals surface area contributed by atoms with Crippen LogP contribution in [0.1, 0.15) is 48.0 Å². The van der Waals surface area contributed by atoms with Crippen LogP contribution in [0.4, 0.5) is 0 Å². The van der Waals surface area contributed by atoms with E-state index in [1.54, 1.807) is 24.5 Å². The number of ether oxygens (including phenoxy) is 1. The van der Waals surface area contributed by atoms with Crippen LogP contribution in [0.25, 0.3) is 11.8 Å². The molecule has 1 aliphatic rings. The molecule has 0 bridgehead atoms. The number of carbonyl (C=O) groups excluding carboxylic acids is 1. The summed E-state index contributed by atoms with van der Waals surface area (Å²) in [6.45, 7) is 9.77. The van der Waals surface area contributed by atoms with Gasteiger partial charge in [0.05, 0.1) is 38.5 Å². The van der Waals surface area contributed by atoms with Crippen LogP contribution >= 0.6 is 34.5 Å². The van der Waals surface area contributed by atoms with E-state index in [1.807, 2.05) is 69.3 Å². The van der Waals surface area contributed by atoms with Gasteiger partial charge >= 0.3 is 5.97 Å². The third-order valence-electron chi connectivity index (χ3n) is 6.83. The van der Waals surface area contributed by atoms with Gasteiger partial charge in [-0.05, 0) is 76.1 Å². The van der Waals surface area contributed by atoms with Gasteiger partial charge in [0, 0.05) is 17.1 Å². The van der Waals surface area contributed by atoms with Crippen molar-refractivity contribution in [2.24, 2.45) is 4.99 Å². The fourth-order valence-corrected chi connectivity index (χ4v) is 6.28. The number of esters is 1. The van der Waals surface area contributed by atoms with Crippen LogP contribution in [0.2, 0.25) is 10.0 Å². The standard InChI is InChI=1S/C30H27Cl2N3O3S/c1-6-38-29(37)26-18(4)33-30-35(27(26)20-9-7-16(2)8-10-20)28(36)25(39-30)14-21-13-17(3)34(19(21)5)22-11-12-23(31)24(32)15-22/h7-15,27H,6H2,1-5H3/b25-14-/t27-/m1/s1. The summed E-state index contributed by atoms with van der Waals surface area (Å²) in [4.78, 5) is 32.2. The molecule has 0 amide bonds. The molecule has 0 saturated carbocycles. The van der Waals surface area contributed by atoms with Gasteiger partial charge in [-0.1, -0.05) is 64.4 Å². The molecule has 2 aromatic carbocycles. The maximum absolute atomic E-state index is 13.9. The monoisotopic (exact) mass is 579 g/mol. The number of hydrogen-bond acceptors (Lipinski definition) is 5. The minimum atomic E-state index is -0.633. The summed E-state index contributed by atoms with van der Waals surface area (Å²) in [5.41, 5.74) is 6.34. The third-order valence-corrected chi connectivity index (χ3v) is 8.55. The van der Waals surface area contributed by atoms with E-state index in [0.717, 1.165) is 33.8 Å². The number of hydrogen-bond donors (Lipinski definition) is 0. The minimum Gasteiger partial charge on any atom is -0.463 e. The lowest BCUT2D eigenvalue weighted by molar-refractivity contribution is -0.139. The molecule has 200 valence electrons. The molecule has 4 aromatic rings. The number of thiazole rings is 1. The maximum Gasteiger partial charge on any atom is 0.338 e. The highest BCUT2D eigenvalue weighted by Crippen LogP contribution is 2.31. The van der Waals surface area contributed by atoms with Gasteiger partial charge < -0.3 is 9.30 Å². The Hall–Kier alpha value is -3.39. The van der Waals surface area contributed by atoms with Crippen LogP contribution in [0, 0.1) is 20.8 Å². The molecule has 3 heterocycles. The summed E-state index contributed by atoms with van der Waals surface area (Å²) in [6.07, 6.45) is 1.88. The molecule has 9 heteroatoms. The van der Waals surface area contributed by atoms with E-state index in [0.29, 0.717) is 30.6 Å². The Bertz CT molecular complexity index is 1830. The van der Waals surface area contributed by atoms with Gasteiger partial charge in [-0.25, -0.2) is 9.79 Å². The van der Waals surface area contributed by atoms with Crippen molar-refractivity contribution < 1.29 is 9.53 Å². The van der Waals surface area contributed by atoms with Crippen molar-refractivity contribution in [1.29, 1.82) is 0 Å². The number of rotatable bonds is 5. The van der Waals surface area contributed by atoms with Gasteiger partial charge in [-0.15, -0.1) is 0 Å². The Balaban J connectivity index is 1.68. The lowest BCUT2D eigenvalue weighted by Gasteiger charge is -2.24. The number of benzene rings is 2. The van der Waals surface area contributed by atoms with E-state index in [9.17, 15) is 9.59 Å². The summed E-state index contributed by atoms with van der Waals surface area (Å²) in [5.74, 6) is -0.469. The zero-order chi connectivity index (χ0) is 28.0. The SMILES string of the molecule is CCOC(=O)C1=C(C)N=c2s/c(=C\c3cc(C)n(-c4ccc(Cl)c(Cl)c4)c3C)c(=O)n2[C@@H]1c1ccc(C)cc1. The molecule has 6 nitrogen and oxygen atoms in total. The van der Waals surface area contributed by atoms with Gasteiger partial charge in [0.15, 0.2) is 4.80 Å². The van der Waals surface area contributed by atoms with E-state index >= 15 is 0 Å². The van der Waals surface area contributed by atoms with Crippen molar-refractivity contribution in [3.05, 3.63) is 118 Å². The van der Waals surface area contributed by atoms with E-state index in [1.165, 1.54) is 11.3 Å². The highest BCUT2D eigenvalue weighted by atomic mass is 35.5. The molecule has 0 spiro atoms. The largest absolute Gasteiger partial charge is 0.463 e. The topological polar surface area (TPSA) is 65.6 Å². The smallest absolute Gasteiger partial charge is 0.338 e. The minimum absolute atomic E-state index is 0.210. The van der Waals surface area contributed by atoms with Crippen molar-refractivity contribution >= 4 is 46.6 Å². The molecule has 0 unspecified atom stereocenters. The zero-order valence-corrected chi connectivity index (χ0v) is 24.5. The van der Waals surface area contributed by atoms with E-state index in [2.05, 4.69) is 9.56 Å². The van der Waals surface area contributed by atoms with Crippen molar-refractivity contribution in [2.75, 3.05) is 6.61 Å². The average Bonchev–Trinajstić information content (AvgIpc) is 3.35. The summed E-state index contributed by atoms with van der Waals surface area (Å²) >= 11 is 13.7. The molecular formula is C30H27Cl2N3O3S. The van der Waals surface area contributed by atoms with Crippen LogP contribution in [0.3, 0.4) is 0 Å². The summed E-state index contributed by atoms with van der Waals surface area (Å²) in [6, 6.07) is 14.7. The van der Waals surface area contributed by atoms with Crippen molar-refractivity contribution in [1.82, 2.24) is 9.13 Å². The zero-order valence-electron chi connectivity index (χ0n) is 22.2. The number of carbonyl (C=O) groups is 1. The number of aromatic nitrogens is 2. The van der Waals surface area contributed by atoms with Crippen LogP contribution in [0.15, 0.2) is 69.6 Å². The van der Waals surface area contributed by atoms with Crippen LogP contribution in [0.5, 0.6) is 0 Å². The van der Waals surface area contributed by atoms with Crippen LogP contribution in [-0.4, -0.2) is 21.7 Å². The van der Waals surface area contributed by atoms with Crippen molar-refractivity contribution in [3.8, 4) is 5.69 Å². The van der Waals surface area contributed by atoms with Crippen LogP contribution in [-0.2, 0) is 9.53 Å². The number of fused-ring (bicyclic) bond motifs is 1. The van der Waals surface area contributed by atoms with E-state index in [4.69, 9.17) is 27.9 Å². The number of aryl methyl sites for hydroxylation is 2. The average molecular weight is 581 g/mol. The Labute approximate surface area is 240 Å². The molecule has 0 aliphatic carbocycles. The van der Waals surface area contributed by atoms with Crippen LogP contribution < -0.4 is 14.9 Å². The first kappa shape index (κ1) is 27.2. The number of allylic oxidation sites excluding steroid dienone is 1. The summed E-state index contributed by atoms with van der Waals surface area (Å²) in [7, 11) is 0.